The Labute approximate surface area is 87.4 Å². The van der Waals surface area contributed by atoms with Gasteiger partial charge in [-0.25, -0.2) is 0 Å². The van der Waals surface area contributed by atoms with E-state index in [1.54, 1.807) is 0 Å². The average molecular weight is 200 g/mol. The van der Waals surface area contributed by atoms with Crippen LogP contribution in [0.15, 0.2) is 0 Å². The van der Waals surface area contributed by atoms with Crippen molar-refractivity contribution in [1.82, 2.24) is 5.32 Å². The first-order valence-electron chi connectivity index (χ1n) is 5.54. The van der Waals surface area contributed by atoms with E-state index in [4.69, 9.17) is 5.73 Å². The van der Waals surface area contributed by atoms with Gasteiger partial charge in [-0.2, -0.15) is 0 Å². The fraction of sp³-hybridized carbons (Fsp3) is 0.909. The lowest BCUT2D eigenvalue weighted by molar-refractivity contribution is -0.121. The second-order valence-corrected chi connectivity index (χ2v) is 4.40. The van der Waals surface area contributed by atoms with Gasteiger partial charge >= 0.3 is 0 Å². The molecule has 0 aliphatic carbocycles. The van der Waals surface area contributed by atoms with Crippen LogP contribution in [0.5, 0.6) is 0 Å². The number of carbonyl (C=O) groups excluding carboxylic acids is 1. The number of rotatable bonds is 7. The molecule has 0 rings (SSSR count). The van der Waals surface area contributed by atoms with Gasteiger partial charge < -0.3 is 11.1 Å². The number of carbonyl (C=O) groups is 1. The van der Waals surface area contributed by atoms with Crippen molar-refractivity contribution in [3.05, 3.63) is 0 Å². The number of hydrogen-bond acceptors (Lipinski definition) is 2. The molecule has 0 saturated carbocycles. The van der Waals surface area contributed by atoms with Crippen molar-refractivity contribution in [2.45, 2.75) is 52.5 Å². The summed E-state index contributed by atoms with van der Waals surface area (Å²) in [5.41, 5.74) is 5.56. The molecule has 3 nitrogen and oxygen atoms in total. The first-order valence-corrected chi connectivity index (χ1v) is 5.54. The summed E-state index contributed by atoms with van der Waals surface area (Å²) in [6, 6.07) is 0.122. The first-order chi connectivity index (χ1) is 6.52. The fourth-order valence-electron chi connectivity index (χ4n) is 1.19. The van der Waals surface area contributed by atoms with Crippen molar-refractivity contribution >= 4 is 5.91 Å². The van der Waals surface area contributed by atoms with Gasteiger partial charge in [0.1, 0.15) is 0 Å². The molecule has 0 saturated heterocycles. The Hall–Kier alpha value is -0.570. The lowest BCUT2D eigenvalue weighted by Gasteiger charge is -2.07. The van der Waals surface area contributed by atoms with Crippen LogP contribution in [0.1, 0.15) is 46.5 Å². The van der Waals surface area contributed by atoms with Gasteiger partial charge in [-0.05, 0) is 32.1 Å². The minimum atomic E-state index is 0.122. The summed E-state index contributed by atoms with van der Waals surface area (Å²) in [4.78, 5) is 11.2. The van der Waals surface area contributed by atoms with Gasteiger partial charge in [-0.15, -0.1) is 0 Å². The smallest absolute Gasteiger partial charge is 0.220 e. The normalized spacial score (nSPS) is 12.9. The number of nitrogens with two attached hydrogens (primary N) is 1. The molecule has 0 aromatic rings. The van der Waals surface area contributed by atoms with Crippen LogP contribution in [0.3, 0.4) is 0 Å². The molecule has 1 amide bonds. The molecule has 0 heterocycles. The average Bonchev–Trinajstić information content (AvgIpc) is 2.08. The molecule has 84 valence electrons. The van der Waals surface area contributed by atoms with E-state index in [0.717, 1.165) is 25.3 Å². The Balaban J connectivity index is 3.27. The van der Waals surface area contributed by atoms with Crippen molar-refractivity contribution in [2.75, 3.05) is 6.54 Å². The van der Waals surface area contributed by atoms with Gasteiger partial charge in [0.05, 0.1) is 0 Å². The second kappa shape index (κ2) is 7.80. The van der Waals surface area contributed by atoms with Crippen LogP contribution in [0.2, 0.25) is 0 Å². The van der Waals surface area contributed by atoms with Crippen LogP contribution in [0.25, 0.3) is 0 Å². The Kier molecular flexibility index (Phi) is 7.48. The SMILES string of the molecule is CC(C)CCCNC(=O)CCC(C)N. The zero-order valence-electron chi connectivity index (χ0n) is 9.68. The summed E-state index contributed by atoms with van der Waals surface area (Å²) in [7, 11) is 0. The molecule has 14 heavy (non-hydrogen) atoms. The van der Waals surface area contributed by atoms with E-state index in [1.807, 2.05) is 6.92 Å². The van der Waals surface area contributed by atoms with Crippen LogP contribution in [0, 0.1) is 5.92 Å². The quantitative estimate of drug-likeness (QED) is 0.614. The van der Waals surface area contributed by atoms with Crippen molar-refractivity contribution < 1.29 is 4.79 Å². The molecule has 0 aromatic carbocycles. The highest BCUT2D eigenvalue weighted by Gasteiger charge is 2.02. The number of amides is 1. The van der Waals surface area contributed by atoms with Crippen molar-refractivity contribution in [2.24, 2.45) is 11.7 Å². The Morgan fingerprint density at radius 3 is 2.43 bits per heavy atom. The minimum Gasteiger partial charge on any atom is -0.356 e. The van der Waals surface area contributed by atoms with Crippen LogP contribution in [-0.4, -0.2) is 18.5 Å². The summed E-state index contributed by atoms with van der Waals surface area (Å²) in [5, 5.41) is 2.90. The Bertz CT molecular complexity index is 155. The zero-order chi connectivity index (χ0) is 11.0. The highest BCUT2D eigenvalue weighted by molar-refractivity contribution is 5.75. The number of nitrogens with one attached hydrogen (secondary N) is 1. The largest absolute Gasteiger partial charge is 0.356 e. The Morgan fingerprint density at radius 2 is 1.93 bits per heavy atom. The molecular formula is C11H24N2O. The van der Waals surface area contributed by atoms with Crippen molar-refractivity contribution in [3.8, 4) is 0 Å². The van der Waals surface area contributed by atoms with Gasteiger partial charge in [-0.1, -0.05) is 13.8 Å². The summed E-state index contributed by atoms with van der Waals surface area (Å²) < 4.78 is 0. The van der Waals surface area contributed by atoms with Crippen molar-refractivity contribution in [1.29, 1.82) is 0 Å². The summed E-state index contributed by atoms with van der Waals surface area (Å²) in [6.07, 6.45) is 3.57. The molecule has 3 heteroatoms. The molecule has 0 aromatic heterocycles. The van der Waals surface area contributed by atoms with Crippen molar-refractivity contribution in [3.63, 3.8) is 0 Å². The zero-order valence-corrected chi connectivity index (χ0v) is 9.68. The van der Waals surface area contributed by atoms with Gasteiger partial charge in [-0.3, -0.25) is 4.79 Å². The molecule has 1 unspecified atom stereocenters. The summed E-state index contributed by atoms with van der Waals surface area (Å²) >= 11 is 0. The lowest BCUT2D eigenvalue weighted by Crippen LogP contribution is -2.26. The first kappa shape index (κ1) is 13.4. The molecular weight excluding hydrogens is 176 g/mol. The molecule has 0 aliphatic heterocycles. The molecule has 0 spiro atoms. The lowest BCUT2D eigenvalue weighted by atomic mass is 10.1. The van der Waals surface area contributed by atoms with Gasteiger partial charge in [0.2, 0.25) is 5.91 Å². The van der Waals surface area contributed by atoms with Crippen LogP contribution >= 0.6 is 0 Å². The van der Waals surface area contributed by atoms with E-state index < -0.39 is 0 Å². The van der Waals surface area contributed by atoms with Gasteiger partial charge in [0.25, 0.3) is 0 Å². The third-order valence-corrected chi connectivity index (χ3v) is 2.11. The molecule has 3 N–H and O–H groups in total. The van der Waals surface area contributed by atoms with E-state index >= 15 is 0 Å². The van der Waals surface area contributed by atoms with E-state index in [1.165, 1.54) is 6.42 Å². The maximum absolute atomic E-state index is 11.2. The number of hydrogen-bond donors (Lipinski definition) is 2. The van der Waals surface area contributed by atoms with Crippen LogP contribution in [-0.2, 0) is 4.79 Å². The summed E-state index contributed by atoms with van der Waals surface area (Å²) in [6.45, 7) is 7.11. The topological polar surface area (TPSA) is 55.1 Å². The van der Waals surface area contributed by atoms with Gasteiger partial charge in [0, 0.05) is 19.0 Å². The Morgan fingerprint density at radius 1 is 1.29 bits per heavy atom. The third kappa shape index (κ3) is 9.52. The molecule has 0 bridgehead atoms. The molecule has 0 radical (unpaired) electrons. The fourth-order valence-corrected chi connectivity index (χ4v) is 1.19. The summed E-state index contributed by atoms with van der Waals surface area (Å²) in [5.74, 6) is 0.849. The maximum Gasteiger partial charge on any atom is 0.220 e. The highest BCUT2D eigenvalue weighted by Crippen LogP contribution is 2.02. The molecule has 0 aliphatic rings. The van der Waals surface area contributed by atoms with Crippen LogP contribution in [0.4, 0.5) is 0 Å². The van der Waals surface area contributed by atoms with E-state index in [0.29, 0.717) is 6.42 Å². The van der Waals surface area contributed by atoms with Crippen LogP contribution < -0.4 is 11.1 Å². The van der Waals surface area contributed by atoms with E-state index in [-0.39, 0.29) is 11.9 Å². The van der Waals surface area contributed by atoms with Gasteiger partial charge in [0.15, 0.2) is 0 Å². The molecule has 0 fully saturated rings. The molecule has 1 atom stereocenters. The monoisotopic (exact) mass is 200 g/mol. The van der Waals surface area contributed by atoms with E-state index in [9.17, 15) is 4.79 Å². The predicted octanol–water partition coefficient (Wildman–Crippen LogP) is 1.67. The maximum atomic E-state index is 11.2. The minimum absolute atomic E-state index is 0.122. The highest BCUT2D eigenvalue weighted by atomic mass is 16.1. The second-order valence-electron chi connectivity index (χ2n) is 4.40. The predicted molar refractivity (Wildman–Crippen MR) is 60.0 cm³/mol. The third-order valence-electron chi connectivity index (χ3n) is 2.11. The standard InChI is InChI=1S/C11H24N2O/c1-9(2)5-4-8-13-11(14)7-6-10(3)12/h9-10H,4-8,12H2,1-3H3,(H,13,14). The van der Waals surface area contributed by atoms with E-state index in [2.05, 4.69) is 19.2 Å².